The van der Waals surface area contributed by atoms with Crippen LogP contribution in [0.4, 0.5) is 13.2 Å². The Morgan fingerprint density at radius 2 is 2.31 bits per heavy atom. The Morgan fingerprint density at radius 1 is 1.62 bits per heavy atom. The van der Waals surface area contributed by atoms with E-state index in [1.807, 2.05) is 6.92 Å². The zero-order valence-corrected chi connectivity index (χ0v) is 7.82. The molecular weight excluding hydrogens is 203 g/mol. The monoisotopic (exact) mass is 213 g/mol. The van der Waals surface area contributed by atoms with Gasteiger partial charge in [-0.3, -0.25) is 5.01 Å². The predicted molar refractivity (Wildman–Crippen MR) is 46.3 cm³/mol. The largest absolute Gasteiger partial charge is 0.407 e. The van der Waals surface area contributed by atoms with Crippen molar-refractivity contribution in [1.29, 1.82) is 0 Å². The molecule has 0 amide bonds. The van der Waals surface area contributed by atoms with E-state index in [2.05, 4.69) is 10.4 Å². The smallest absolute Gasteiger partial charge is 0.287 e. The third-order valence-corrected chi connectivity index (χ3v) is 2.17. The molecule has 3 nitrogen and oxygen atoms in total. The van der Waals surface area contributed by atoms with Crippen LogP contribution in [0.1, 0.15) is 6.92 Å². The zero-order valence-electron chi connectivity index (χ0n) is 7.01. The van der Waals surface area contributed by atoms with Crippen LogP contribution in [0.25, 0.3) is 0 Å². The Bertz CT molecular complexity index is 194. The molecule has 1 aliphatic rings. The van der Waals surface area contributed by atoms with Crippen molar-refractivity contribution >= 4 is 18.1 Å². The van der Waals surface area contributed by atoms with Crippen molar-refractivity contribution < 1.29 is 13.2 Å². The van der Waals surface area contributed by atoms with Gasteiger partial charge in [0.2, 0.25) is 0 Å². The second-order valence-corrected chi connectivity index (χ2v) is 3.80. The van der Waals surface area contributed by atoms with Crippen molar-refractivity contribution in [2.45, 2.75) is 18.6 Å². The Labute approximate surface area is 78.4 Å². The molecule has 0 aromatic carbocycles. The summed E-state index contributed by atoms with van der Waals surface area (Å²) in [6, 6.07) is 0. The SMILES string of the molecule is CCSC1N=CN(CC(F)(F)F)N1. The minimum atomic E-state index is -4.19. The molecule has 0 spiro atoms. The lowest BCUT2D eigenvalue weighted by Gasteiger charge is -2.18. The number of nitrogens with zero attached hydrogens (tertiary/aromatic N) is 2. The van der Waals surface area contributed by atoms with Crippen LogP contribution in [0.15, 0.2) is 4.99 Å². The molecule has 1 unspecified atom stereocenters. The number of hydrogen-bond donors (Lipinski definition) is 1. The summed E-state index contributed by atoms with van der Waals surface area (Å²) in [5.41, 5.74) is 2.33. The highest BCUT2D eigenvalue weighted by molar-refractivity contribution is 7.99. The first-order valence-electron chi connectivity index (χ1n) is 3.76. The van der Waals surface area contributed by atoms with Crippen LogP contribution in [-0.2, 0) is 0 Å². The fraction of sp³-hybridized carbons (Fsp3) is 0.833. The summed E-state index contributed by atoms with van der Waals surface area (Å²) in [5.74, 6) is 0.814. The maximum absolute atomic E-state index is 11.9. The summed E-state index contributed by atoms with van der Waals surface area (Å²) < 4.78 is 35.6. The van der Waals surface area contributed by atoms with Gasteiger partial charge >= 0.3 is 6.18 Å². The van der Waals surface area contributed by atoms with Crippen molar-refractivity contribution in [3.05, 3.63) is 0 Å². The van der Waals surface area contributed by atoms with Gasteiger partial charge in [0.15, 0.2) is 5.50 Å². The standard InChI is InChI=1S/C6H10F3N3S/c1-2-13-5-10-4-12(11-5)3-6(7,8)9/h4-5,11H,2-3H2,1H3. The van der Waals surface area contributed by atoms with Crippen LogP contribution in [0, 0.1) is 0 Å². The van der Waals surface area contributed by atoms with E-state index in [0.717, 1.165) is 10.8 Å². The predicted octanol–water partition coefficient (Wildman–Crippen LogP) is 1.43. The number of thioether (sulfide) groups is 1. The molecule has 0 radical (unpaired) electrons. The molecule has 1 rings (SSSR count). The molecule has 0 saturated heterocycles. The van der Waals surface area contributed by atoms with E-state index in [-0.39, 0.29) is 5.50 Å². The molecule has 1 heterocycles. The molecule has 0 aromatic heterocycles. The maximum atomic E-state index is 11.9. The van der Waals surface area contributed by atoms with E-state index < -0.39 is 12.7 Å². The maximum Gasteiger partial charge on any atom is 0.407 e. The lowest BCUT2D eigenvalue weighted by atomic mass is 10.6. The van der Waals surface area contributed by atoms with Crippen molar-refractivity contribution in [3.63, 3.8) is 0 Å². The highest BCUT2D eigenvalue weighted by Crippen LogP contribution is 2.18. The molecule has 0 bridgehead atoms. The summed E-state index contributed by atoms with van der Waals surface area (Å²) in [5, 5.41) is 0.952. The average molecular weight is 213 g/mol. The van der Waals surface area contributed by atoms with E-state index >= 15 is 0 Å². The molecule has 13 heavy (non-hydrogen) atoms. The molecule has 0 fully saturated rings. The number of hydrogen-bond acceptors (Lipinski definition) is 4. The first-order valence-corrected chi connectivity index (χ1v) is 4.80. The molecule has 1 atom stereocenters. The normalized spacial score (nSPS) is 22.8. The topological polar surface area (TPSA) is 27.6 Å². The molecule has 0 aromatic rings. The van der Waals surface area contributed by atoms with Gasteiger partial charge in [0.05, 0.1) is 0 Å². The first kappa shape index (κ1) is 10.6. The summed E-state index contributed by atoms with van der Waals surface area (Å²) in [6.07, 6.45) is -3.01. The van der Waals surface area contributed by atoms with Gasteiger partial charge < -0.3 is 0 Å². The summed E-state index contributed by atoms with van der Waals surface area (Å²) in [7, 11) is 0. The minimum Gasteiger partial charge on any atom is -0.287 e. The minimum absolute atomic E-state index is 0.271. The lowest BCUT2D eigenvalue weighted by Crippen LogP contribution is -2.41. The zero-order chi connectivity index (χ0) is 9.90. The van der Waals surface area contributed by atoms with Crippen molar-refractivity contribution in [1.82, 2.24) is 10.4 Å². The van der Waals surface area contributed by atoms with Crippen LogP contribution >= 0.6 is 11.8 Å². The average Bonchev–Trinajstić information content (AvgIpc) is 2.33. The second-order valence-electron chi connectivity index (χ2n) is 2.44. The Morgan fingerprint density at radius 3 is 2.85 bits per heavy atom. The molecule has 1 N–H and O–H groups in total. The Hall–Kier alpha value is -0.430. The van der Waals surface area contributed by atoms with Gasteiger partial charge in [-0.2, -0.15) is 18.6 Å². The molecule has 0 saturated carbocycles. The molecule has 76 valence electrons. The molecule has 7 heteroatoms. The Balaban J connectivity index is 2.30. The van der Waals surface area contributed by atoms with Crippen LogP contribution in [0.2, 0.25) is 0 Å². The highest BCUT2D eigenvalue weighted by Gasteiger charge is 2.32. The van der Waals surface area contributed by atoms with Gasteiger partial charge in [0.1, 0.15) is 12.9 Å². The van der Waals surface area contributed by atoms with Crippen LogP contribution < -0.4 is 5.43 Å². The fourth-order valence-electron chi connectivity index (χ4n) is 0.867. The Kier molecular flexibility index (Phi) is 3.43. The molecule has 1 aliphatic heterocycles. The van der Waals surface area contributed by atoms with Gasteiger partial charge in [-0.25, -0.2) is 4.99 Å². The fourth-order valence-corrected chi connectivity index (χ4v) is 1.53. The summed E-state index contributed by atoms with van der Waals surface area (Å²) in [6.45, 7) is 0.922. The van der Waals surface area contributed by atoms with Gasteiger partial charge in [0.25, 0.3) is 0 Å². The second kappa shape index (κ2) is 4.19. The first-order chi connectivity index (χ1) is 6.01. The quantitative estimate of drug-likeness (QED) is 0.768. The van der Waals surface area contributed by atoms with Crippen molar-refractivity contribution in [2.24, 2.45) is 4.99 Å². The molecular formula is C6H10F3N3S. The third-order valence-electron chi connectivity index (χ3n) is 1.29. The van der Waals surface area contributed by atoms with Gasteiger partial charge in [0, 0.05) is 0 Å². The van der Waals surface area contributed by atoms with Gasteiger partial charge in [-0.15, -0.1) is 11.8 Å². The van der Waals surface area contributed by atoms with Crippen LogP contribution in [0.5, 0.6) is 0 Å². The molecule has 0 aliphatic carbocycles. The summed E-state index contributed by atoms with van der Waals surface area (Å²) in [4.78, 5) is 3.84. The number of nitrogens with one attached hydrogen (secondary N) is 1. The van der Waals surface area contributed by atoms with Crippen molar-refractivity contribution in [2.75, 3.05) is 12.3 Å². The third kappa shape index (κ3) is 3.86. The summed E-state index contributed by atoms with van der Waals surface area (Å²) >= 11 is 1.45. The number of aliphatic imine (C=N–C) groups is 1. The lowest BCUT2D eigenvalue weighted by molar-refractivity contribution is -0.141. The van der Waals surface area contributed by atoms with Crippen LogP contribution in [0.3, 0.4) is 0 Å². The highest BCUT2D eigenvalue weighted by atomic mass is 32.2. The van der Waals surface area contributed by atoms with Gasteiger partial charge in [-0.1, -0.05) is 6.92 Å². The van der Waals surface area contributed by atoms with E-state index in [1.165, 1.54) is 18.1 Å². The van der Waals surface area contributed by atoms with E-state index in [0.29, 0.717) is 0 Å². The van der Waals surface area contributed by atoms with Crippen molar-refractivity contribution in [3.8, 4) is 0 Å². The van der Waals surface area contributed by atoms with Crippen LogP contribution in [-0.4, -0.2) is 35.3 Å². The number of hydrazine groups is 1. The van der Waals surface area contributed by atoms with Gasteiger partial charge in [-0.05, 0) is 5.75 Å². The van der Waals surface area contributed by atoms with E-state index in [9.17, 15) is 13.2 Å². The van der Waals surface area contributed by atoms with E-state index in [1.54, 1.807) is 0 Å². The number of alkyl halides is 3. The number of halogens is 3. The van der Waals surface area contributed by atoms with E-state index in [4.69, 9.17) is 0 Å². The number of rotatable bonds is 3.